The third-order valence-electron chi connectivity index (χ3n) is 2.41. The minimum Gasteiger partial charge on any atom is -0.0763 e. The van der Waals surface area contributed by atoms with Gasteiger partial charge in [0.25, 0.3) is 0 Å². The Balaban J connectivity index is 0.000000531. The van der Waals surface area contributed by atoms with Crippen LogP contribution in [0.25, 0.3) is 5.57 Å². The maximum Gasteiger partial charge on any atom is -0.0187 e. The lowest BCUT2D eigenvalue weighted by atomic mass is 9.96. The van der Waals surface area contributed by atoms with Crippen LogP contribution in [0, 0.1) is 0 Å². The predicted molar refractivity (Wildman–Crippen MR) is 68.8 cm³/mol. The van der Waals surface area contributed by atoms with Gasteiger partial charge in [0.05, 0.1) is 0 Å². The van der Waals surface area contributed by atoms with E-state index in [4.69, 9.17) is 0 Å². The predicted octanol–water partition coefficient (Wildman–Crippen LogP) is 4.84. The third-order valence-corrected chi connectivity index (χ3v) is 2.41. The van der Waals surface area contributed by atoms with Gasteiger partial charge in [-0.2, -0.15) is 0 Å². The minimum atomic E-state index is 1.19. The molecular weight excluding hydrogens is 180 g/mol. The first-order valence-corrected chi connectivity index (χ1v) is 5.79. The van der Waals surface area contributed by atoms with E-state index in [1.807, 2.05) is 13.8 Å². The molecule has 0 atom stereocenters. The van der Waals surface area contributed by atoms with Crippen LogP contribution >= 0.6 is 0 Å². The first-order chi connectivity index (χ1) is 7.36. The molecule has 0 unspecified atom stereocenters. The van der Waals surface area contributed by atoms with Crippen molar-refractivity contribution >= 4 is 5.57 Å². The van der Waals surface area contributed by atoms with Crippen LogP contribution in [0.2, 0.25) is 0 Å². The number of hydrogen-bond donors (Lipinski definition) is 0. The zero-order valence-corrected chi connectivity index (χ0v) is 9.96. The Morgan fingerprint density at radius 3 is 2.27 bits per heavy atom. The highest BCUT2D eigenvalue weighted by Gasteiger charge is 2.02. The second-order valence-corrected chi connectivity index (χ2v) is 3.55. The van der Waals surface area contributed by atoms with E-state index < -0.39 is 0 Å². The molecule has 80 valence electrons. The maximum absolute atomic E-state index is 2.32. The van der Waals surface area contributed by atoms with Crippen molar-refractivity contribution in [1.29, 1.82) is 0 Å². The monoisotopic (exact) mass is 200 g/mol. The molecule has 1 aromatic rings. The standard InChI is InChI=1S/C13H14.C2H6/c1-11-6-5-9-13(10-11)12-7-3-2-4-8-12;1-2/h2-4,7-10H,5-6H2,1H3;1-2H3. The van der Waals surface area contributed by atoms with Gasteiger partial charge in [0.2, 0.25) is 0 Å². The molecule has 0 amide bonds. The van der Waals surface area contributed by atoms with Gasteiger partial charge in [-0.3, -0.25) is 0 Å². The lowest BCUT2D eigenvalue weighted by Gasteiger charge is -2.10. The van der Waals surface area contributed by atoms with E-state index >= 15 is 0 Å². The number of allylic oxidation sites excluding steroid dienone is 4. The third kappa shape index (κ3) is 3.39. The second-order valence-electron chi connectivity index (χ2n) is 3.55. The average Bonchev–Trinajstić information content (AvgIpc) is 2.33. The summed E-state index contributed by atoms with van der Waals surface area (Å²) in [6, 6.07) is 10.6. The molecule has 0 saturated carbocycles. The summed E-state index contributed by atoms with van der Waals surface area (Å²) in [6.45, 7) is 6.20. The van der Waals surface area contributed by atoms with E-state index in [1.165, 1.54) is 29.6 Å². The molecule has 1 aliphatic rings. The topological polar surface area (TPSA) is 0 Å². The van der Waals surface area contributed by atoms with Crippen LogP contribution in [-0.4, -0.2) is 0 Å². The summed E-state index contributed by atoms with van der Waals surface area (Å²) < 4.78 is 0. The van der Waals surface area contributed by atoms with Crippen molar-refractivity contribution in [2.75, 3.05) is 0 Å². The van der Waals surface area contributed by atoms with Crippen molar-refractivity contribution in [3.05, 3.63) is 53.6 Å². The fourth-order valence-electron chi connectivity index (χ4n) is 1.68. The SMILES string of the molecule is CC.CC1=CC(c2ccccc2)=CCC1. The second kappa shape index (κ2) is 6.23. The van der Waals surface area contributed by atoms with Crippen LogP contribution in [0.5, 0.6) is 0 Å². The van der Waals surface area contributed by atoms with Crippen LogP contribution in [0.3, 0.4) is 0 Å². The first kappa shape index (κ1) is 11.8. The van der Waals surface area contributed by atoms with E-state index in [-0.39, 0.29) is 0 Å². The van der Waals surface area contributed by atoms with Gasteiger partial charge in [-0.1, -0.05) is 61.9 Å². The maximum atomic E-state index is 2.32. The zero-order valence-electron chi connectivity index (χ0n) is 9.96. The molecule has 0 heteroatoms. The number of benzene rings is 1. The Bertz CT molecular complexity index is 342. The summed E-state index contributed by atoms with van der Waals surface area (Å²) >= 11 is 0. The van der Waals surface area contributed by atoms with Crippen molar-refractivity contribution in [1.82, 2.24) is 0 Å². The van der Waals surface area contributed by atoms with E-state index in [0.29, 0.717) is 0 Å². The highest BCUT2D eigenvalue weighted by molar-refractivity contribution is 5.75. The van der Waals surface area contributed by atoms with Gasteiger partial charge in [0, 0.05) is 0 Å². The van der Waals surface area contributed by atoms with E-state index in [0.717, 1.165) is 0 Å². The van der Waals surface area contributed by atoms with Crippen LogP contribution in [0.4, 0.5) is 0 Å². The summed E-state index contributed by atoms with van der Waals surface area (Å²) in [4.78, 5) is 0. The van der Waals surface area contributed by atoms with Gasteiger partial charge in [-0.15, -0.1) is 0 Å². The lowest BCUT2D eigenvalue weighted by molar-refractivity contribution is 0.966. The molecule has 0 radical (unpaired) electrons. The van der Waals surface area contributed by atoms with Crippen molar-refractivity contribution in [3.63, 3.8) is 0 Å². The molecule has 0 aliphatic heterocycles. The Kier molecular flexibility index (Phi) is 4.89. The van der Waals surface area contributed by atoms with Gasteiger partial charge in [-0.25, -0.2) is 0 Å². The van der Waals surface area contributed by atoms with Crippen LogP contribution in [-0.2, 0) is 0 Å². The van der Waals surface area contributed by atoms with Crippen molar-refractivity contribution < 1.29 is 0 Å². The van der Waals surface area contributed by atoms with E-state index in [1.54, 1.807) is 0 Å². The van der Waals surface area contributed by atoms with Gasteiger partial charge in [-0.05, 0) is 30.9 Å². The van der Waals surface area contributed by atoms with Gasteiger partial charge >= 0.3 is 0 Å². The van der Waals surface area contributed by atoms with E-state index in [9.17, 15) is 0 Å². The molecule has 0 fully saturated rings. The molecule has 0 aromatic heterocycles. The summed E-state index contributed by atoms with van der Waals surface area (Å²) in [5, 5.41) is 0. The number of rotatable bonds is 1. The Hall–Kier alpha value is -1.30. The molecule has 0 bridgehead atoms. The molecular formula is C15H20. The lowest BCUT2D eigenvalue weighted by Crippen LogP contribution is -1.89. The summed E-state index contributed by atoms with van der Waals surface area (Å²) in [6.07, 6.45) is 7.02. The molecule has 15 heavy (non-hydrogen) atoms. The summed E-state index contributed by atoms with van der Waals surface area (Å²) in [5.74, 6) is 0. The first-order valence-electron chi connectivity index (χ1n) is 5.79. The minimum absolute atomic E-state index is 1.19. The summed E-state index contributed by atoms with van der Waals surface area (Å²) in [5.41, 5.74) is 4.20. The Morgan fingerprint density at radius 1 is 1.00 bits per heavy atom. The highest BCUT2D eigenvalue weighted by atomic mass is 14.1. The molecule has 1 aliphatic carbocycles. The fourth-order valence-corrected chi connectivity index (χ4v) is 1.68. The summed E-state index contributed by atoms with van der Waals surface area (Å²) in [7, 11) is 0. The van der Waals surface area contributed by atoms with Crippen molar-refractivity contribution in [2.45, 2.75) is 33.6 Å². The van der Waals surface area contributed by atoms with Crippen LogP contribution in [0.15, 0.2) is 48.1 Å². The fraction of sp³-hybridized carbons (Fsp3) is 0.333. The molecule has 0 nitrogen and oxygen atoms in total. The van der Waals surface area contributed by atoms with Crippen molar-refractivity contribution in [2.24, 2.45) is 0 Å². The molecule has 0 N–H and O–H groups in total. The molecule has 0 spiro atoms. The van der Waals surface area contributed by atoms with Crippen LogP contribution < -0.4 is 0 Å². The average molecular weight is 200 g/mol. The van der Waals surface area contributed by atoms with E-state index in [2.05, 4.69) is 49.4 Å². The zero-order chi connectivity index (χ0) is 11.1. The van der Waals surface area contributed by atoms with Gasteiger partial charge in [0.15, 0.2) is 0 Å². The van der Waals surface area contributed by atoms with Gasteiger partial charge < -0.3 is 0 Å². The quantitative estimate of drug-likeness (QED) is 0.608. The molecule has 0 heterocycles. The smallest absolute Gasteiger partial charge is 0.0187 e. The number of hydrogen-bond acceptors (Lipinski definition) is 0. The molecule has 1 aromatic carbocycles. The normalized spacial score (nSPS) is 14.6. The largest absolute Gasteiger partial charge is 0.0763 e. The van der Waals surface area contributed by atoms with Gasteiger partial charge in [0.1, 0.15) is 0 Å². The van der Waals surface area contributed by atoms with Crippen LogP contribution in [0.1, 0.15) is 39.2 Å². The molecule has 2 rings (SSSR count). The highest BCUT2D eigenvalue weighted by Crippen LogP contribution is 2.24. The Labute approximate surface area is 93.3 Å². The van der Waals surface area contributed by atoms with Crippen molar-refractivity contribution in [3.8, 4) is 0 Å². The molecule has 0 saturated heterocycles. The Morgan fingerprint density at radius 2 is 1.67 bits per heavy atom.